The predicted octanol–water partition coefficient (Wildman–Crippen LogP) is 5.96. The van der Waals surface area contributed by atoms with Crippen molar-refractivity contribution >= 4 is 45.7 Å². The topological polar surface area (TPSA) is 84.0 Å². The van der Waals surface area contributed by atoms with Gasteiger partial charge >= 0.3 is 0 Å². The molecule has 0 fully saturated rings. The van der Waals surface area contributed by atoms with Gasteiger partial charge in [-0.3, -0.25) is 14.9 Å². The van der Waals surface area contributed by atoms with Crippen LogP contribution in [0.5, 0.6) is 0 Å². The Bertz CT molecular complexity index is 1220. The Hall–Kier alpha value is -3.49. The maximum Gasteiger partial charge on any atom is 0.260 e. The van der Waals surface area contributed by atoms with Gasteiger partial charge in [-0.25, -0.2) is 9.97 Å². The lowest BCUT2D eigenvalue weighted by atomic mass is 10.1. The third kappa shape index (κ3) is 5.40. The van der Waals surface area contributed by atoms with Crippen molar-refractivity contribution in [3.63, 3.8) is 0 Å². The van der Waals surface area contributed by atoms with Crippen LogP contribution in [0.2, 0.25) is 0 Å². The Morgan fingerprint density at radius 2 is 1.75 bits per heavy atom. The molecular weight excluding hydrogens is 440 g/mol. The lowest BCUT2D eigenvalue weighted by Crippen LogP contribution is -2.13. The van der Waals surface area contributed by atoms with Gasteiger partial charge in [-0.05, 0) is 36.4 Å². The maximum atomic E-state index is 12.9. The van der Waals surface area contributed by atoms with E-state index < -0.39 is 0 Å². The molecule has 0 aliphatic rings. The summed E-state index contributed by atoms with van der Waals surface area (Å²) in [7, 11) is 0. The summed E-state index contributed by atoms with van der Waals surface area (Å²) < 4.78 is 0. The van der Waals surface area contributed by atoms with E-state index in [-0.39, 0.29) is 11.8 Å². The van der Waals surface area contributed by atoms with Crippen molar-refractivity contribution in [2.75, 3.05) is 10.6 Å². The molecule has 8 heteroatoms. The van der Waals surface area contributed by atoms with Crippen molar-refractivity contribution in [3.8, 4) is 11.3 Å². The van der Waals surface area contributed by atoms with E-state index in [1.54, 1.807) is 18.3 Å². The van der Waals surface area contributed by atoms with E-state index >= 15 is 0 Å². The van der Waals surface area contributed by atoms with Crippen molar-refractivity contribution < 1.29 is 9.59 Å². The standard InChI is InChI=1S/C24H20N4O2S2/c1-2-21(29)26-17-12-10-16(11-13-17)20-15-31-24(27-20)28-22(30)19-9-6-14-25-23(19)32-18-7-4-3-5-8-18/h3-15H,2H2,1H3,(H,26,29)(H,27,28,30). The van der Waals surface area contributed by atoms with Crippen LogP contribution in [-0.4, -0.2) is 21.8 Å². The number of carbonyl (C=O) groups is 2. The van der Waals surface area contributed by atoms with Gasteiger partial charge in [0.2, 0.25) is 5.91 Å². The van der Waals surface area contributed by atoms with Crippen LogP contribution in [0.1, 0.15) is 23.7 Å². The molecule has 6 nitrogen and oxygen atoms in total. The number of aromatic nitrogens is 2. The number of benzene rings is 2. The molecule has 0 aliphatic carbocycles. The van der Waals surface area contributed by atoms with E-state index in [2.05, 4.69) is 20.6 Å². The Morgan fingerprint density at radius 1 is 0.969 bits per heavy atom. The normalized spacial score (nSPS) is 10.5. The molecule has 2 aromatic carbocycles. The van der Waals surface area contributed by atoms with Gasteiger partial charge in [-0.2, -0.15) is 0 Å². The maximum absolute atomic E-state index is 12.9. The lowest BCUT2D eigenvalue weighted by Gasteiger charge is -2.07. The van der Waals surface area contributed by atoms with E-state index in [4.69, 9.17) is 0 Å². The molecule has 32 heavy (non-hydrogen) atoms. The summed E-state index contributed by atoms with van der Waals surface area (Å²) in [6.45, 7) is 1.81. The summed E-state index contributed by atoms with van der Waals surface area (Å²) in [5, 5.41) is 8.73. The molecule has 2 amide bonds. The number of hydrogen-bond donors (Lipinski definition) is 2. The molecule has 4 aromatic rings. The van der Waals surface area contributed by atoms with Crippen molar-refractivity contribution in [1.82, 2.24) is 9.97 Å². The SMILES string of the molecule is CCC(=O)Nc1ccc(-c2csc(NC(=O)c3cccnc3Sc3ccccc3)n2)cc1. The Kier molecular flexibility index (Phi) is 6.94. The second-order valence-corrected chi connectivity index (χ2v) is 8.66. The first-order chi connectivity index (χ1) is 15.6. The highest BCUT2D eigenvalue weighted by atomic mass is 32.2. The van der Waals surface area contributed by atoms with E-state index in [1.807, 2.05) is 66.9 Å². The largest absolute Gasteiger partial charge is 0.326 e. The third-order valence-electron chi connectivity index (χ3n) is 4.48. The number of hydrogen-bond acceptors (Lipinski definition) is 6. The highest BCUT2D eigenvalue weighted by Crippen LogP contribution is 2.30. The predicted molar refractivity (Wildman–Crippen MR) is 129 cm³/mol. The van der Waals surface area contributed by atoms with Crippen molar-refractivity contribution in [2.24, 2.45) is 0 Å². The van der Waals surface area contributed by atoms with Gasteiger partial charge in [-0.15, -0.1) is 11.3 Å². The highest BCUT2D eigenvalue weighted by Gasteiger charge is 2.15. The second kappa shape index (κ2) is 10.2. The van der Waals surface area contributed by atoms with Crippen LogP contribution in [0, 0.1) is 0 Å². The van der Waals surface area contributed by atoms with Crippen LogP contribution in [-0.2, 0) is 4.79 Å². The molecule has 0 unspecified atom stereocenters. The summed E-state index contributed by atoms with van der Waals surface area (Å²) in [5.74, 6) is -0.285. The lowest BCUT2D eigenvalue weighted by molar-refractivity contribution is -0.115. The molecule has 0 saturated heterocycles. The van der Waals surface area contributed by atoms with Gasteiger partial charge in [0.1, 0.15) is 5.03 Å². The van der Waals surface area contributed by atoms with E-state index in [0.717, 1.165) is 21.8 Å². The van der Waals surface area contributed by atoms with Gasteiger partial charge < -0.3 is 5.32 Å². The Balaban J connectivity index is 1.46. The molecule has 0 atom stereocenters. The van der Waals surface area contributed by atoms with Gasteiger partial charge in [0.25, 0.3) is 5.91 Å². The molecule has 2 heterocycles. The van der Waals surface area contributed by atoms with Crippen LogP contribution in [0.4, 0.5) is 10.8 Å². The van der Waals surface area contributed by atoms with Crippen LogP contribution in [0.3, 0.4) is 0 Å². The van der Waals surface area contributed by atoms with E-state index in [0.29, 0.717) is 22.1 Å². The smallest absolute Gasteiger partial charge is 0.260 e. The van der Waals surface area contributed by atoms with E-state index in [1.165, 1.54) is 23.1 Å². The van der Waals surface area contributed by atoms with Crippen molar-refractivity contribution in [2.45, 2.75) is 23.3 Å². The molecule has 160 valence electrons. The number of rotatable bonds is 7. The molecule has 0 saturated carbocycles. The third-order valence-corrected chi connectivity index (χ3v) is 6.27. The number of amides is 2. The van der Waals surface area contributed by atoms with Crippen molar-refractivity contribution in [3.05, 3.63) is 83.9 Å². The minimum Gasteiger partial charge on any atom is -0.326 e. The number of nitrogens with zero attached hydrogens (tertiary/aromatic N) is 2. The first-order valence-electron chi connectivity index (χ1n) is 9.97. The van der Waals surface area contributed by atoms with Gasteiger partial charge in [0.05, 0.1) is 11.3 Å². The molecule has 0 radical (unpaired) electrons. The Labute approximate surface area is 194 Å². The molecule has 4 rings (SSSR count). The van der Waals surface area contributed by atoms with Crippen molar-refractivity contribution in [1.29, 1.82) is 0 Å². The molecule has 0 spiro atoms. The zero-order valence-electron chi connectivity index (χ0n) is 17.2. The summed E-state index contributed by atoms with van der Waals surface area (Å²) in [4.78, 5) is 34.4. The molecule has 2 aromatic heterocycles. The number of thiazole rings is 1. The highest BCUT2D eigenvalue weighted by molar-refractivity contribution is 7.99. The quantitative estimate of drug-likeness (QED) is 0.356. The monoisotopic (exact) mass is 460 g/mol. The Morgan fingerprint density at radius 3 is 2.50 bits per heavy atom. The number of carbonyl (C=O) groups excluding carboxylic acids is 2. The first kappa shape index (κ1) is 21.7. The van der Waals surface area contributed by atoms with Crippen LogP contribution in [0.15, 0.2) is 88.2 Å². The van der Waals surface area contributed by atoms with Crippen LogP contribution in [0.25, 0.3) is 11.3 Å². The summed E-state index contributed by atoms with van der Waals surface area (Å²) in [6, 6.07) is 20.8. The summed E-state index contributed by atoms with van der Waals surface area (Å²) in [6.07, 6.45) is 2.11. The summed E-state index contributed by atoms with van der Waals surface area (Å²) >= 11 is 2.80. The van der Waals surface area contributed by atoms with Gasteiger partial charge in [-0.1, -0.05) is 49.0 Å². The fourth-order valence-electron chi connectivity index (χ4n) is 2.85. The number of nitrogens with one attached hydrogen (secondary N) is 2. The fraction of sp³-hybridized carbons (Fsp3) is 0.0833. The molecule has 0 aliphatic heterocycles. The first-order valence-corrected chi connectivity index (χ1v) is 11.7. The summed E-state index contributed by atoms with van der Waals surface area (Å²) in [5.41, 5.74) is 2.89. The molecule has 2 N–H and O–H groups in total. The zero-order valence-corrected chi connectivity index (χ0v) is 18.9. The zero-order chi connectivity index (χ0) is 22.3. The second-order valence-electron chi connectivity index (χ2n) is 6.74. The number of pyridine rings is 1. The van der Waals surface area contributed by atoms with E-state index in [9.17, 15) is 9.59 Å². The number of anilines is 2. The minimum absolute atomic E-state index is 0.0309. The molecular formula is C24H20N4O2S2. The van der Waals surface area contributed by atoms with Crippen LogP contribution < -0.4 is 10.6 Å². The fourth-order valence-corrected chi connectivity index (χ4v) is 4.46. The van der Waals surface area contributed by atoms with Gasteiger partial charge in [0, 0.05) is 34.1 Å². The minimum atomic E-state index is -0.255. The average molecular weight is 461 g/mol. The van der Waals surface area contributed by atoms with Crippen LogP contribution >= 0.6 is 23.1 Å². The average Bonchev–Trinajstić information content (AvgIpc) is 3.29. The molecule has 0 bridgehead atoms. The van der Waals surface area contributed by atoms with Gasteiger partial charge in [0.15, 0.2) is 5.13 Å².